The van der Waals surface area contributed by atoms with Gasteiger partial charge in [-0.3, -0.25) is 14.1 Å². The lowest BCUT2D eigenvalue weighted by atomic mass is 9.91. The van der Waals surface area contributed by atoms with Crippen LogP contribution in [-0.2, 0) is 37.7 Å². The van der Waals surface area contributed by atoms with Crippen LogP contribution in [0.1, 0.15) is 43.4 Å². The number of aromatic nitrogens is 2. The first-order valence-electron chi connectivity index (χ1n) is 16.9. The number of nitrogens with zero attached hydrogens (tertiary/aromatic N) is 3. The zero-order chi connectivity index (χ0) is 34.4. The second kappa shape index (κ2) is 15.9. The summed E-state index contributed by atoms with van der Waals surface area (Å²) in [6, 6.07) is 23.7. The summed E-state index contributed by atoms with van der Waals surface area (Å²) >= 11 is 0. The van der Waals surface area contributed by atoms with Crippen LogP contribution in [0.3, 0.4) is 0 Å². The Hall–Kier alpha value is -3.61. The maximum absolute atomic E-state index is 14.8. The molecule has 5 N–H and O–H groups in total. The number of benzene rings is 3. The van der Waals surface area contributed by atoms with E-state index in [0.29, 0.717) is 51.3 Å². The van der Waals surface area contributed by atoms with Crippen LogP contribution in [0.2, 0.25) is 0 Å². The number of amides is 2. The van der Waals surface area contributed by atoms with Crippen LogP contribution in [0, 0.1) is 0 Å². The van der Waals surface area contributed by atoms with Gasteiger partial charge < -0.3 is 35.0 Å². The van der Waals surface area contributed by atoms with E-state index in [1.54, 1.807) is 9.80 Å². The fourth-order valence-corrected chi connectivity index (χ4v) is 7.61. The van der Waals surface area contributed by atoms with Gasteiger partial charge in [-0.25, -0.2) is 4.79 Å². The number of aromatic amines is 1. The van der Waals surface area contributed by atoms with Gasteiger partial charge in [-0.1, -0.05) is 66.7 Å². The first kappa shape index (κ1) is 35.2. The van der Waals surface area contributed by atoms with Crippen molar-refractivity contribution in [3.05, 3.63) is 95.6 Å². The molecule has 0 bridgehead atoms. The molecule has 0 radical (unpaired) electrons. The Morgan fingerprint density at radius 2 is 1.55 bits per heavy atom. The highest BCUT2D eigenvalue weighted by molar-refractivity contribution is 7.42. The van der Waals surface area contributed by atoms with Gasteiger partial charge in [0.15, 0.2) is 5.82 Å². The zero-order valence-corrected chi connectivity index (χ0v) is 28.9. The topological polar surface area (TPSA) is 156 Å². The highest BCUT2D eigenvalue weighted by Crippen LogP contribution is 2.57. The average Bonchev–Trinajstić information content (AvgIpc) is 3.45. The minimum Gasteiger partial charge on any atom is -0.388 e. The van der Waals surface area contributed by atoms with Gasteiger partial charge in [-0.15, -0.1) is 0 Å². The van der Waals surface area contributed by atoms with Crippen LogP contribution in [0.4, 0.5) is 10.6 Å². The second-order valence-corrected chi connectivity index (χ2v) is 13.9. The van der Waals surface area contributed by atoms with Crippen LogP contribution in [0.15, 0.2) is 78.9 Å². The van der Waals surface area contributed by atoms with Crippen molar-refractivity contribution in [1.82, 2.24) is 20.0 Å². The molecule has 2 amide bonds. The quantitative estimate of drug-likeness (QED) is 0.0979. The predicted molar refractivity (Wildman–Crippen MR) is 187 cm³/mol. The average molecular weight is 692 g/mol. The number of urea groups is 1. The first-order chi connectivity index (χ1) is 23.7. The van der Waals surface area contributed by atoms with E-state index in [2.05, 4.69) is 10.2 Å². The summed E-state index contributed by atoms with van der Waals surface area (Å²) in [5.41, 5.74) is 9.68. The van der Waals surface area contributed by atoms with Gasteiger partial charge in [-0.05, 0) is 68.4 Å². The van der Waals surface area contributed by atoms with E-state index in [1.165, 1.54) is 0 Å². The lowest BCUT2D eigenvalue weighted by Crippen LogP contribution is -2.51. The fourth-order valence-electron chi connectivity index (χ4n) is 6.55. The second-order valence-electron chi connectivity index (χ2n) is 12.8. The number of hydrogen-bond acceptors (Lipinski definition) is 9. The maximum Gasteiger partial charge on any atom is 0.338 e. The predicted octanol–water partition coefficient (Wildman–Crippen LogP) is 5.15. The third-order valence-electron chi connectivity index (χ3n) is 9.09. The number of aliphatic hydroxyl groups is 2. The molecule has 13 heteroatoms. The monoisotopic (exact) mass is 691 g/mol. The van der Waals surface area contributed by atoms with Crippen LogP contribution in [0.5, 0.6) is 0 Å². The smallest absolute Gasteiger partial charge is 0.338 e. The molecule has 1 aromatic heterocycles. The Morgan fingerprint density at radius 1 is 0.918 bits per heavy atom. The largest absolute Gasteiger partial charge is 0.388 e. The summed E-state index contributed by atoms with van der Waals surface area (Å²) in [5, 5.41) is 31.7. The standard InChI is InChI=1S/C36H46N5O7P/c1-3-46-49-47-36(2,48-49)24-45-19-11-10-18-40-30(21-25-12-6-4-7-13-25)32(42)33(43)31(22-26-14-8-5-9-15-26)41(35(40)44)23-27-16-17-29-28(20-27)34(37)39-38-29/h4-9,12-17,20,30-33,42-43H,3,10-11,18-19,21-24H2,1-2H3,(H3,37,38,39)/t30-,31-,32+,33+,36?,49?/m1/s1. The normalized spacial score (nSPS) is 25.8. The summed E-state index contributed by atoms with van der Waals surface area (Å²) in [4.78, 5) is 18.3. The molecule has 2 aliphatic rings. The Labute approximate surface area is 288 Å². The first-order valence-corrected chi connectivity index (χ1v) is 18.0. The molecule has 0 unspecified atom stereocenters. The molecule has 0 saturated carbocycles. The van der Waals surface area contributed by atoms with Gasteiger partial charge >= 0.3 is 14.6 Å². The number of nitrogens with two attached hydrogens (primary N) is 1. The summed E-state index contributed by atoms with van der Waals surface area (Å²) < 4.78 is 22.6. The molecular weight excluding hydrogens is 645 g/mol. The van der Waals surface area contributed by atoms with E-state index < -0.39 is 38.7 Å². The third kappa shape index (κ3) is 8.41. The molecular formula is C36H46N5O7P. The summed E-state index contributed by atoms with van der Waals surface area (Å²) in [7, 11) is -1.30. The summed E-state index contributed by atoms with van der Waals surface area (Å²) in [6.07, 6.45) is -0.354. The van der Waals surface area contributed by atoms with E-state index in [-0.39, 0.29) is 19.2 Å². The fraction of sp³-hybridized carbons (Fsp3) is 0.444. The Kier molecular flexibility index (Phi) is 11.5. The van der Waals surface area contributed by atoms with Crippen molar-refractivity contribution >= 4 is 31.4 Å². The third-order valence-corrected chi connectivity index (χ3v) is 10.6. The van der Waals surface area contributed by atoms with Crippen molar-refractivity contribution in [3.63, 3.8) is 0 Å². The van der Waals surface area contributed by atoms with E-state index in [0.717, 1.165) is 27.6 Å². The van der Waals surface area contributed by atoms with E-state index in [9.17, 15) is 15.0 Å². The number of anilines is 1. The summed E-state index contributed by atoms with van der Waals surface area (Å²) in [5.74, 6) is -0.442. The van der Waals surface area contributed by atoms with E-state index >= 15 is 0 Å². The van der Waals surface area contributed by atoms with Crippen LogP contribution in [0.25, 0.3) is 10.9 Å². The van der Waals surface area contributed by atoms with Crippen molar-refractivity contribution in [2.45, 2.75) is 76.2 Å². The van der Waals surface area contributed by atoms with Gasteiger partial charge in [0.05, 0.1) is 24.2 Å². The van der Waals surface area contributed by atoms with Gasteiger partial charge in [0.2, 0.25) is 5.79 Å². The number of unbranched alkanes of at least 4 members (excludes halogenated alkanes) is 1. The van der Waals surface area contributed by atoms with Gasteiger partial charge in [-0.2, -0.15) is 5.10 Å². The Morgan fingerprint density at radius 3 is 2.18 bits per heavy atom. The molecule has 2 saturated heterocycles. The molecule has 12 nitrogen and oxygen atoms in total. The number of nitrogen functional groups attached to an aromatic ring is 1. The van der Waals surface area contributed by atoms with Gasteiger partial charge in [0.1, 0.15) is 18.8 Å². The molecule has 4 atom stereocenters. The van der Waals surface area contributed by atoms with E-state index in [1.807, 2.05) is 92.7 Å². The number of rotatable bonds is 15. The highest BCUT2D eigenvalue weighted by Gasteiger charge is 2.47. The molecule has 49 heavy (non-hydrogen) atoms. The van der Waals surface area contributed by atoms with Crippen molar-refractivity contribution < 1.29 is 33.3 Å². The number of hydrogen-bond donors (Lipinski definition) is 4. The minimum atomic E-state index is -1.30. The van der Waals surface area contributed by atoms with Crippen LogP contribution >= 0.6 is 8.60 Å². The number of fused-ring (bicyclic) bond motifs is 1. The number of aliphatic hydroxyl groups excluding tert-OH is 2. The number of nitrogens with one attached hydrogen (secondary N) is 1. The van der Waals surface area contributed by atoms with Crippen molar-refractivity contribution in [3.8, 4) is 0 Å². The molecule has 4 aromatic rings. The number of ether oxygens (including phenoxy) is 1. The molecule has 2 fully saturated rings. The number of H-pyrrole nitrogens is 1. The van der Waals surface area contributed by atoms with Crippen molar-refractivity contribution in [1.29, 1.82) is 0 Å². The Balaban J connectivity index is 1.23. The molecule has 262 valence electrons. The van der Waals surface area contributed by atoms with E-state index in [4.69, 9.17) is 24.0 Å². The van der Waals surface area contributed by atoms with Gasteiger partial charge in [0, 0.05) is 25.1 Å². The van der Waals surface area contributed by atoms with Crippen LogP contribution in [-0.4, -0.2) is 92.7 Å². The summed E-state index contributed by atoms with van der Waals surface area (Å²) in [6.45, 7) is 5.52. The lowest BCUT2D eigenvalue weighted by Gasteiger charge is -2.41. The highest BCUT2D eigenvalue weighted by atomic mass is 31.2. The minimum absolute atomic E-state index is 0.210. The zero-order valence-electron chi connectivity index (χ0n) is 28.0. The molecule has 2 aliphatic heterocycles. The lowest BCUT2D eigenvalue weighted by molar-refractivity contribution is -0.219. The molecule has 3 aromatic carbocycles. The number of carbonyl (C=O) groups is 1. The maximum atomic E-state index is 14.8. The molecule has 0 spiro atoms. The number of carbonyl (C=O) groups excluding carboxylic acids is 1. The van der Waals surface area contributed by atoms with Crippen molar-refractivity contribution in [2.75, 3.05) is 32.1 Å². The molecule has 3 heterocycles. The van der Waals surface area contributed by atoms with Crippen LogP contribution < -0.4 is 5.73 Å². The van der Waals surface area contributed by atoms with Gasteiger partial charge in [0.25, 0.3) is 0 Å². The molecule has 0 aliphatic carbocycles. The van der Waals surface area contributed by atoms with Crippen molar-refractivity contribution in [2.24, 2.45) is 0 Å². The Bertz CT molecular complexity index is 1660. The molecule has 6 rings (SSSR count). The SMILES string of the molecule is CCOP1OC(C)(COCCCCN2C(=O)N(Cc3ccc4[nH]nc(N)c4c3)[C@H](Cc3ccccc3)[C@H](O)[C@@H](O)[C@H]2Cc2ccccc2)O1.